The molecule has 0 bridgehead atoms. The predicted molar refractivity (Wildman–Crippen MR) is 58.5 cm³/mol. The summed E-state index contributed by atoms with van der Waals surface area (Å²) >= 11 is 6.09. The fourth-order valence-electron chi connectivity index (χ4n) is 1.40. The minimum absolute atomic E-state index is 0.738. The summed E-state index contributed by atoms with van der Waals surface area (Å²) < 4.78 is 0. The Kier molecular flexibility index (Phi) is 2.30. The van der Waals surface area contributed by atoms with Gasteiger partial charge in [-0.1, -0.05) is 29.8 Å². The number of nitrogens with zero attached hydrogens (tertiary/aromatic N) is 1. The molecule has 0 amide bonds. The van der Waals surface area contributed by atoms with Gasteiger partial charge in [0.05, 0.1) is 10.7 Å². The van der Waals surface area contributed by atoms with Gasteiger partial charge in [0.1, 0.15) is 0 Å². The van der Waals surface area contributed by atoms with Crippen molar-refractivity contribution >= 4 is 11.6 Å². The summed E-state index contributed by atoms with van der Waals surface area (Å²) in [6.45, 7) is 4.04. The van der Waals surface area contributed by atoms with Crippen molar-refractivity contribution in [2.75, 3.05) is 0 Å². The topological polar surface area (TPSA) is 28.7 Å². The second kappa shape index (κ2) is 3.46. The molecule has 0 aliphatic rings. The van der Waals surface area contributed by atoms with E-state index in [9.17, 15) is 0 Å². The maximum absolute atomic E-state index is 6.09. The van der Waals surface area contributed by atoms with Gasteiger partial charge in [-0.25, -0.2) is 0 Å². The quantitative estimate of drug-likeness (QED) is 0.762. The standard InChI is InChI=1S/C11H11ClN2/c1-7-8(2)13-14-11(7)9-5-3-4-6-10(9)12/h3-6H,1-2H3,(H,13,14). The van der Waals surface area contributed by atoms with Crippen LogP contribution in [0.3, 0.4) is 0 Å². The minimum Gasteiger partial charge on any atom is -0.282 e. The zero-order valence-electron chi connectivity index (χ0n) is 8.13. The van der Waals surface area contributed by atoms with Crippen molar-refractivity contribution in [3.63, 3.8) is 0 Å². The van der Waals surface area contributed by atoms with E-state index in [0.717, 1.165) is 27.5 Å². The van der Waals surface area contributed by atoms with Crippen molar-refractivity contribution in [3.05, 3.63) is 40.5 Å². The fraction of sp³-hybridized carbons (Fsp3) is 0.182. The Morgan fingerprint density at radius 2 is 1.93 bits per heavy atom. The summed E-state index contributed by atoms with van der Waals surface area (Å²) in [5.41, 5.74) is 4.15. The molecule has 0 saturated carbocycles. The van der Waals surface area contributed by atoms with E-state index in [1.165, 1.54) is 0 Å². The predicted octanol–water partition coefficient (Wildman–Crippen LogP) is 3.35. The van der Waals surface area contributed by atoms with Gasteiger partial charge in [0.2, 0.25) is 0 Å². The molecule has 1 aromatic heterocycles. The number of H-pyrrole nitrogens is 1. The Bertz CT molecular complexity index is 460. The van der Waals surface area contributed by atoms with Crippen molar-refractivity contribution in [2.45, 2.75) is 13.8 Å². The highest BCUT2D eigenvalue weighted by Crippen LogP contribution is 2.28. The third kappa shape index (κ3) is 1.42. The van der Waals surface area contributed by atoms with Crippen molar-refractivity contribution in [1.29, 1.82) is 0 Å². The molecule has 0 unspecified atom stereocenters. The summed E-state index contributed by atoms with van der Waals surface area (Å²) in [5, 5.41) is 7.93. The van der Waals surface area contributed by atoms with Crippen LogP contribution in [0.4, 0.5) is 0 Å². The zero-order valence-corrected chi connectivity index (χ0v) is 8.89. The number of aryl methyl sites for hydroxylation is 1. The first-order chi connectivity index (χ1) is 6.70. The number of hydrogen-bond acceptors (Lipinski definition) is 1. The SMILES string of the molecule is Cc1[nH]nc(-c2ccccc2Cl)c1C. The van der Waals surface area contributed by atoms with Gasteiger partial charge in [-0.05, 0) is 25.5 Å². The van der Waals surface area contributed by atoms with Gasteiger partial charge < -0.3 is 0 Å². The molecular formula is C11H11ClN2. The second-order valence-corrected chi connectivity index (χ2v) is 3.71. The van der Waals surface area contributed by atoms with Crippen molar-refractivity contribution < 1.29 is 0 Å². The molecule has 2 rings (SSSR count). The Balaban J connectivity index is 2.60. The van der Waals surface area contributed by atoms with Crippen LogP contribution in [-0.4, -0.2) is 10.2 Å². The van der Waals surface area contributed by atoms with Crippen LogP contribution in [0.5, 0.6) is 0 Å². The van der Waals surface area contributed by atoms with E-state index in [-0.39, 0.29) is 0 Å². The molecule has 0 radical (unpaired) electrons. The molecule has 0 fully saturated rings. The third-order valence-electron chi connectivity index (χ3n) is 2.38. The molecular weight excluding hydrogens is 196 g/mol. The molecule has 2 aromatic rings. The molecule has 0 saturated heterocycles. The minimum atomic E-state index is 0.738. The average molecular weight is 207 g/mol. The zero-order chi connectivity index (χ0) is 10.1. The number of aromatic nitrogens is 2. The lowest BCUT2D eigenvalue weighted by molar-refractivity contribution is 1.05. The summed E-state index contributed by atoms with van der Waals surface area (Å²) in [5.74, 6) is 0. The van der Waals surface area contributed by atoms with Crippen LogP contribution in [-0.2, 0) is 0 Å². The summed E-state index contributed by atoms with van der Waals surface area (Å²) in [6.07, 6.45) is 0. The second-order valence-electron chi connectivity index (χ2n) is 3.30. The third-order valence-corrected chi connectivity index (χ3v) is 2.71. The van der Waals surface area contributed by atoms with Gasteiger partial charge in [0.25, 0.3) is 0 Å². The van der Waals surface area contributed by atoms with Crippen LogP contribution in [0, 0.1) is 13.8 Å². The summed E-state index contributed by atoms with van der Waals surface area (Å²) in [4.78, 5) is 0. The molecule has 1 heterocycles. The van der Waals surface area contributed by atoms with Crippen LogP contribution in [0.1, 0.15) is 11.3 Å². The highest BCUT2D eigenvalue weighted by molar-refractivity contribution is 6.33. The molecule has 14 heavy (non-hydrogen) atoms. The monoisotopic (exact) mass is 206 g/mol. The smallest absolute Gasteiger partial charge is 0.0967 e. The molecule has 0 aliphatic carbocycles. The van der Waals surface area contributed by atoms with E-state index in [4.69, 9.17) is 11.6 Å². The van der Waals surface area contributed by atoms with Crippen LogP contribution in [0.25, 0.3) is 11.3 Å². The first-order valence-corrected chi connectivity index (χ1v) is 4.84. The van der Waals surface area contributed by atoms with Gasteiger partial charge >= 0.3 is 0 Å². The lowest BCUT2D eigenvalue weighted by Gasteiger charge is -2.00. The van der Waals surface area contributed by atoms with E-state index in [1.54, 1.807) is 0 Å². The van der Waals surface area contributed by atoms with E-state index >= 15 is 0 Å². The summed E-state index contributed by atoms with van der Waals surface area (Å²) in [6, 6.07) is 7.73. The number of benzene rings is 1. The Labute approximate surface area is 87.9 Å². The number of aromatic amines is 1. The van der Waals surface area contributed by atoms with Gasteiger partial charge in [0, 0.05) is 11.3 Å². The lowest BCUT2D eigenvalue weighted by atomic mass is 10.1. The van der Waals surface area contributed by atoms with Gasteiger partial charge in [-0.2, -0.15) is 5.10 Å². The fourth-order valence-corrected chi connectivity index (χ4v) is 1.63. The molecule has 2 nitrogen and oxygen atoms in total. The lowest BCUT2D eigenvalue weighted by Crippen LogP contribution is -1.82. The first kappa shape index (κ1) is 9.28. The number of halogens is 1. The van der Waals surface area contributed by atoms with Crippen molar-refractivity contribution in [3.8, 4) is 11.3 Å². The largest absolute Gasteiger partial charge is 0.282 e. The Morgan fingerprint density at radius 1 is 1.21 bits per heavy atom. The molecule has 0 aliphatic heterocycles. The van der Waals surface area contributed by atoms with E-state index in [2.05, 4.69) is 10.2 Å². The van der Waals surface area contributed by atoms with Gasteiger partial charge in [-0.15, -0.1) is 0 Å². The number of hydrogen-bond donors (Lipinski definition) is 1. The normalized spacial score (nSPS) is 10.5. The average Bonchev–Trinajstić information content (AvgIpc) is 2.49. The number of nitrogens with one attached hydrogen (secondary N) is 1. The van der Waals surface area contributed by atoms with Crippen LogP contribution in [0.15, 0.2) is 24.3 Å². The van der Waals surface area contributed by atoms with Crippen LogP contribution < -0.4 is 0 Å². The highest BCUT2D eigenvalue weighted by atomic mass is 35.5. The van der Waals surface area contributed by atoms with Crippen molar-refractivity contribution in [2.24, 2.45) is 0 Å². The van der Waals surface area contributed by atoms with Crippen LogP contribution >= 0.6 is 11.6 Å². The molecule has 1 N–H and O–H groups in total. The molecule has 0 atom stereocenters. The van der Waals surface area contributed by atoms with Gasteiger partial charge in [0.15, 0.2) is 0 Å². The Morgan fingerprint density at radius 3 is 2.50 bits per heavy atom. The summed E-state index contributed by atoms with van der Waals surface area (Å²) in [7, 11) is 0. The highest BCUT2D eigenvalue weighted by Gasteiger charge is 2.10. The molecule has 1 aromatic carbocycles. The van der Waals surface area contributed by atoms with Crippen molar-refractivity contribution in [1.82, 2.24) is 10.2 Å². The van der Waals surface area contributed by atoms with E-state index in [1.807, 2.05) is 38.1 Å². The first-order valence-electron chi connectivity index (χ1n) is 4.46. The van der Waals surface area contributed by atoms with Gasteiger partial charge in [-0.3, -0.25) is 5.10 Å². The number of rotatable bonds is 1. The van der Waals surface area contributed by atoms with E-state index < -0.39 is 0 Å². The molecule has 3 heteroatoms. The maximum Gasteiger partial charge on any atom is 0.0967 e. The molecule has 72 valence electrons. The van der Waals surface area contributed by atoms with E-state index in [0.29, 0.717) is 0 Å². The Hall–Kier alpha value is -1.28. The molecule has 0 spiro atoms. The maximum atomic E-state index is 6.09. The van der Waals surface area contributed by atoms with Crippen LogP contribution in [0.2, 0.25) is 5.02 Å².